The van der Waals surface area contributed by atoms with Gasteiger partial charge in [-0.2, -0.15) is 0 Å². The average Bonchev–Trinajstić information content (AvgIpc) is 2.69. The number of hydrogen-bond donors (Lipinski definition) is 4. The Morgan fingerprint density at radius 2 is 1.04 bits per heavy atom. The second-order valence-corrected chi connectivity index (χ2v) is 6.38. The van der Waals surface area contributed by atoms with Gasteiger partial charge in [-0.3, -0.25) is 0 Å². The van der Waals surface area contributed by atoms with Crippen molar-refractivity contribution in [2.45, 2.75) is 24.0 Å². The molecule has 0 aliphatic carbocycles. The molecule has 2 rings (SSSR count). The standard InChI is InChI=1S/C20H22O7/c21-13-19(25,11-15-7-3-1-4-8-15)17(23)27-18(24)20(26,14-22)12-16-9-5-2-6-10-16/h1-10,21-22,25-26H,11-14H2. The molecule has 7 heteroatoms. The van der Waals surface area contributed by atoms with Crippen LogP contribution < -0.4 is 0 Å². The van der Waals surface area contributed by atoms with E-state index < -0.39 is 36.4 Å². The molecule has 0 aliphatic heterocycles. The molecule has 0 aromatic heterocycles. The Labute approximate surface area is 156 Å². The number of carbonyl (C=O) groups excluding carboxylic acids is 2. The lowest BCUT2D eigenvalue weighted by Gasteiger charge is -2.27. The molecule has 0 bridgehead atoms. The number of aliphatic hydroxyl groups excluding tert-OH is 2. The van der Waals surface area contributed by atoms with E-state index in [2.05, 4.69) is 4.74 Å². The van der Waals surface area contributed by atoms with E-state index in [1.165, 1.54) is 0 Å². The van der Waals surface area contributed by atoms with E-state index in [0.717, 1.165) is 0 Å². The van der Waals surface area contributed by atoms with Crippen LogP contribution in [-0.2, 0) is 27.2 Å². The molecule has 0 saturated carbocycles. The second kappa shape index (κ2) is 8.88. The van der Waals surface area contributed by atoms with Crippen molar-refractivity contribution in [1.29, 1.82) is 0 Å². The van der Waals surface area contributed by atoms with Gasteiger partial charge in [0.2, 0.25) is 0 Å². The number of hydrogen-bond acceptors (Lipinski definition) is 7. The van der Waals surface area contributed by atoms with Gasteiger partial charge in [-0.15, -0.1) is 0 Å². The van der Waals surface area contributed by atoms with Gasteiger partial charge in [0, 0.05) is 12.8 Å². The summed E-state index contributed by atoms with van der Waals surface area (Å²) in [6, 6.07) is 16.8. The molecule has 2 atom stereocenters. The van der Waals surface area contributed by atoms with E-state index in [9.17, 15) is 30.0 Å². The minimum atomic E-state index is -2.36. The van der Waals surface area contributed by atoms with Crippen LogP contribution in [0.2, 0.25) is 0 Å². The fraction of sp³-hybridized carbons (Fsp3) is 0.300. The van der Waals surface area contributed by atoms with Gasteiger partial charge in [0.05, 0.1) is 13.2 Å². The summed E-state index contributed by atoms with van der Waals surface area (Å²) >= 11 is 0. The van der Waals surface area contributed by atoms with Crippen LogP contribution in [0.3, 0.4) is 0 Å². The molecule has 0 radical (unpaired) electrons. The Balaban J connectivity index is 2.12. The van der Waals surface area contributed by atoms with Gasteiger partial charge < -0.3 is 25.2 Å². The number of carbonyl (C=O) groups is 2. The fourth-order valence-corrected chi connectivity index (χ4v) is 2.53. The van der Waals surface area contributed by atoms with Crippen LogP contribution in [0.1, 0.15) is 11.1 Å². The average molecular weight is 374 g/mol. The van der Waals surface area contributed by atoms with Crippen molar-refractivity contribution in [3.8, 4) is 0 Å². The molecule has 4 N–H and O–H groups in total. The highest BCUT2D eigenvalue weighted by molar-refractivity contribution is 5.94. The van der Waals surface area contributed by atoms with Gasteiger partial charge in [-0.25, -0.2) is 9.59 Å². The molecular formula is C20H22O7. The van der Waals surface area contributed by atoms with Gasteiger partial charge in [0.15, 0.2) is 11.2 Å². The fourth-order valence-electron chi connectivity index (χ4n) is 2.53. The third kappa shape index (κ3) is 5.21. The van der Waals surface area contributed by atoms with E-state index in [1.54, 1.807) is 60.7 Å². The zero-order valence-electron chi connectivity index (χ0n) is 14.6. The Morgan fingerprint density at radius 3 is 1.33 bits per heavy atom. The van der Waals surface area contributed by atoms with Crippen molar-refractivity contribution < 1.29 is 34.8 Å². The first-order chi connectivity index (χ1) is 12.8. The van der Waals surface area contributed by atoms with Crippen molar-refractivity contribution in [2.24, 2.45) is 0 Å². The first kappa shape index (κ1) is 20.7. The molecule has 27 heavy (non-hydrogen) atoms. The largest absolute Gasteiger partial charge is 0.393 e. The molecule has 144 valence electrons. The predicted octanol–water partition coefficient (Wildman–Crippen LogP) is -0.0116. The first-order valence-electron chi connectivity index (χ1n) is 8.34. The van der Waals surface area contributed by atoms with E-state index in [0.29, 0.717) is 11.1 Å². The third-order valence-corrected chi connectivity index (χ3v) is 4.15. The summed E-state index contributed by atoms with van der Waals surface area (Å²) < 4.78 is 4.61. The number of benzene rings is 2. The van der Waals surface area contributed by atoms with Crippen LogP contribution >= 0.6 is 0 Å². The Bertz CT molecular complexity index is 697. The Kier molecular flexibility index (Phi) is 6.81. The molecule has 0 saturated heterocycles. The minimum absolute atomic E-state index is 0.285. The molecule has 2 unspecified atom stereocenters. The first-order valence-corrected chi connectivity index (χ1v) is 8.34. The zero-order chi connectivity index (χ0) is 19.9. The highest BCUT2D eigenvalue weighted by atomic mass is 16.6. The monoisotopic (exact) mass is 374 g/mol. The normalized spacial score (nSPS) is 15.4. The molecule has 2 aromatic carbocycles. The second-order valence-electron chi connectivity index (χ2n) is 6.38. The van der Waals surface area contributed by atoms with Crippen LogP contribution in [0, 0.1) is 0 Å². The quantitative estimate of drug-likeness (QED) is 0.378. The Hall–Kier alpha value is -2.58. The summed E-state index contributed by atoms with van der Waals surface area (Å²) in [5, 5.41) is 39.7. The topological polar surface area (TPSA) is 124 Å². The van der Waals surface area contributed by atoms with Gasteiger partial charge in [-0.05, 0) is 11.1 Å². The number of rotatable bonds is 8. The van der Waals surface area contributed by atoms with Crippen molar-refractivity contribution in [3.05, 3.63) is 71.8 Å². The minimum Gasteiger partial charge on any atom is -0.393 e. The molecule has 0 fully saturated rings. The van der Waals surface area contributed by atoms with Crippen LogP contribution in [0.15, 0.2) is 60.7 Å². The van der Waals surface area contributed by atoms with E-state index in [4.69, 9.17) is 0 Å². The summed E-state index contributed by atoms with van der Waals surface area (Å²) in [5.74, 6) is -2.81. The molecule has 0 amide bonds. The lowest BCUT2D eigenvalue weighted by atomic mass is 9.94. The lowest BCUT2D eigenvalue weighted by Crippen LogP contribution is -2.52. The molecule has 0 spiro atoms. The van der Waals surface area contributed by atoms with Crippen molar-refractivity contribution in [3.63, 3.8) is 0 Å². The van der Waals surface area contributed by atoms with Crippen molar-refractivity contribution in [2.75, 3.05) is 13.2 Å². The maximum Gasteiger partial charge on any atom is 0.348 e. The lowest BCUT2D eigenvalue weighted by molar-refractivity contribution is -0.189. The van der Waals surface area contributed by atoms with E-state index in [-0.39, 0.29) is 12.8 Å². The summed E-state index contributed by atoms with van der Waals surface area (Å²) in [4.78, 5) is 24.6. The maximum atomic E-state index is 12.3. The zero-order valence-corrected chi connectivity index (χ0v) is 14.6. The molecule has 0 aliphatic rings. The van der Waals surface area contributed by atoms with Crippen LogP contribution in [0.5, 0.6) is 0 Å². The Morgan fingerprint density at radius 1 is 0.704 bits per heavy atom. The smallest absolute Gasteiger partial charge is 0.348 e. The highest BCUT2D eigenvalue weighted by Gasteiger charge is 2.44. The van der Waals surface area contributed by atoms with Gasteiger partial charge in [-0.1, -0.05) is 60.7 Å². The van der Waals surface area contributed by atoms with E-state index in [1.807, 2.05) is 0 Å². The van der Waals surface area contributed by atoms with Gasteiger partial charge >= 0.3 is 11.9 Å². The number of ether oxygens (including phenoxy) is 1. The number of aliphatic hydroxyl groups is 4. The molecule has 0 heterocycles. The van der Waals surface area contributed by atoms with Crippen LogP contribution in [0.25, 0.3) is 0 Å². The summed E-state index contributed by atoms with van der Waals surface area (Å²) in [7, 11) is 0. The van der Waals surface area contributed by atoms with Crippen molar-refractivity contribution >= 4 is 11.9 Å². The van der Waals surface area contributed by atoms with Crippen LogP contribution in [-0.4, -0.2) is 56.8 Å². The van der Waals surface area contributed by atoms with E-state index >= 15 is 0 Å². The summed E-state index contributed by atoms with van der Waals surface area (Å²) in [5.41, 5.74) is -3.64. The van der Waals surface area contributed by atoms with Crippen molar-refractivity contribution in [1.82, 2.24) is 0 Å². The summed E-state index contributed by atoms with van der Waals surface area (Å²) in [6.07, 6.45) is -0.570. The predicted molar refractivity (Wildman–Crippen MR) is 95.5 cm³/mol. The van der Waals surface area contributed by atoms with Gasteiger partial charge in [0.25, 0.3) is 0 Å². The number of esters is 2. The molecule has 2 aromatic rings. The van der Waals surface area contributed by atoms with Crippen LogP contribution in [0.4, 0.5) is 0 Å². The highest BCUT2D eigenvalue weighted by Crippen LogP contribution is 2.19. The summed E-state index contributed by atoms with van der Waals surface area (Å²) in [6.45, 7) is -1.96. The third-order valence-electron chi connectivity index (χ3n) is 4.15. The van der Waals surface area contributed by atoms with Gasteiger partial charge in [0.1, 0.15) is 0 Å². The molecule has 7 nitrogen and oxygen atoms in total. The molecular weight excluding hydrogens is 352 g/mol. The SMILES string of the molecule is O=C(OC(=O)C(O)(CO)Cc1ccccc1)C(O)(CO)Cc1ccccc1. The maximum absolute atomic E-state index is 12.3.